The van der Waals surface area contributed by atoms with E-state index in [-0.39, 0.29) is 28.9 Å². The molecule has 8 heteroatoms. The minimum atomic E-state index is -0.469. The van der Waals surface area contributed by atoms with Crippen LogP contribution in [-0.2, 0) is 9.53 Å². The number of benzene rings is 1. The Morgan fingerprint density at radius 2 is 1.88 bits per heavy atom. The van der Waals surface area contributed by atoms with Crippen molar-refractivity contribution in [1.82, 2.24) is 9.80 Å². The lowest BCUT2D eigenvalue weighted by Crippen LogP contribution is -2.65. The molecular weight excluding hydrogens is 412 g/mol. The Bertz CT molecular complexity index is 905. The molecule has 32 heavy (non-hydrogen) atoms. The molecule has 1 amide bonds. The topological polar surface area (TPSA) is 88.5 Å². The lowest BCUT2D eigenvalue weighted by atomic mass is 9.70. The first-order chi connectivity index (χ1) is 15.5. The van der Waals surface area contributed by atoms with Crippen LogP contribution in [0.1, 0.15) is 48.9 Å². The third-order valence-corrected chi connectivity index (χ3v) is 7.89. The molecule has 4 saturated heterocycles. The van der Waals surface area contributed by atoms with Gasteiger partial charge in [0.25, 0.3) is 0 Å². The maximum atomic E-state index is 12.8. The summed E-state index contributed by atoms with van der Waals surface area (Å²) >= 11 is 0. The molecule has 1 aromatic rings. The zero-order valence-corrected chi connectivity index (χ0v) is 18.8. The van der Waals surface area contributed by atoms with Gasteiger partial charge in [-0.05, 0) is 49.7 Å². The fraction of sp³-hybridized carbons (Fsp3) is 0.667. The number of phenols is 1. The van der Waals surface area contributed by atoms with E-state index in [1.807, 2.05) is 0 Å². The first kappa shape index (κ1) is 21.4. The lowest BCUT2D eigenvalue weighted by molar-refractivity contribution is -0.150. The van der Waals surface area contributed by atoms with Gasteiger partial charge in [-0.2, -0.15) is 0 Å². The fourth-order valence-electron chi connectivity index (χ4n) is 6.44. The standard InChI is InChI=1S/C24H32N2O6/c1-30-21-10-14(9-20(27)23(21)31-2)24(29)32-17-6-7-25-12-15-8-16(19(25)11-17)13-26-18(15)4-3-5-22(26)28/h9-10,15-19,27H,3-8,11-13H2,1-2H3. The van der Waals surface area contributed by atoms with E-state index in [9.17, 15) is 14.7 Å². The van der Waals surface area contributed by atoms with Crippen molar-refractivity contribution < 1.29 is 28.9 Å². The Balaban J connectivity index is 1.27. The Labute approximate surface area is 188 Å². The van der Waals surface area contributed by atoms with Gasteiger partial charge in [-0.3, -0.25) is 9.69 Å². The Morgan fingerprint density at radius 1 is 1.06 bits per heavy atom. The number of hydrogen-bond donors (Lipinski definition) is 1. The van der Waals surface area contributed by atoms with Gasteiger partial charge in [0.05, 0.1) is 19.8 Å². The molecule has 5 atom stereocenters. The van der Waals surface area contributed by atoms with Gasteiger partial charge in [-0.15, -0.1) is 0 Å². The van der Waals surface area contributed by atoms with Crippen LogP contribution in [0.2, 0.25) is 0 Å². The Kier molecular flexibility index (Phi) is 5.65. The summed E-state index contributed by atoms with van der Waals surface area (Å²) in [6.45, 7) is 2.79. The number of piperidine rings is 4. The second-order valence-corrected chi connectivity index (χ2v) is 9.61. The number of phenolic OH excluding ortho intramolecular Hbond substituents is 1. The van der Waals surface area contributed by atoms with Crippen molar-refractivity contribution in [1.29, 1.82) is 0 Å². The summed E-state index contributed by atoms with van der Waals surface area (Å²) in [4.78, 5) is 30.1. The van der Waals surface area contributed by atoms with E-state index in [0.717, 1.165) is 45.3 Å². The first-order valence-electron chi connectivity index (χ1n) is 11.7. The third kappa shape index (κ3) is 3.68. The van der Waals surface area contributed by atoms with E-state index in [0.29, 0.717) is 36.2 Å². The number of fused-ring (bicyclic) bond motifs is 6. The van der Waals surface area contributed by atoms with Gasteiger partial charge in [0.15, 0.2) is 11.5 Å². The normalized spacial score (nSPS) is 32.0. The third-order valence-electron chi connectivity index (χ3n) is 7.89. The number of hydrogen-bond acceptors (Lipinski definition) is 7. The predicted molar refractivity (Wildman–Crippen MR) is 116 cm³/mol. The van der Waals surface area contributed by atoms with Crippen LogP contribution in [0.3, 0.4) is 0 Å². The molecule has 0 radical (unpaired) electrons. The van der Waals surface area contributed by atoms with Crippen LogP contribution in [0.4, 0.5) is 0 Å². The van der Waals surface area contributed by atoms with Gasteiger partial charge in [-0.25, -0.2) is 4.79 Å². The Morgan fingerprint density at radius 3 is 2.66 bits per heavy atom. The van der Waals surface area contributed by atoms with Gasteiger partial charge < -0.3 is 24.2 Å². The number of nitrogens with zero attached hydrogens (tertiary/aromatic N) is 2. The van der Waals surface area contributed by atoms with Gasteiger partial charge in [0.2, 0.25) is 11.7 Å². The molecule has 0 spiro atoms. The minimum absolute atomic E-state index is 0.157. The van der Waals surface area contributed by atoms with E-state index >= 15 is 0 Å². The molecule has 0 aliphatic carbocycles. The van der Waals surface area contributed by atoms with Crippen LogP contribution in [-0.4, -0.2) is 78.8 Å². The zero-order valence-electron chi connectivity index (χ0n) is 18.8. The largest absolute Gasteiger partial charge is 0.504 e. The molecule has 4 aliphatic rings. The highest BCUT2D eigenvalue weighted by molar-refractivity contribution is 5.91. The quantitative estimate of drug-likeness (QED) is 0.714. The summed E-state index contributed by atoms with van der Waals surface area (Å²) in [6, 6.07) is 3.64. The van der Waals surface area contributed by atoms with E-state index in [4.69, 9.17) is 14.2 Å². The van der Waals surface area contributed by atoms with Crippen LogP contribution >= 0.6 is 0 Å². The number of carbonyl (C=O) groups excluding carboxylic acids is 2. The first-order valence-corrected chi connectivity index (χ1v) is 11.7. The molecular formula is C24H32N2O6. The molecule has 174 valence electrons. The van der Waals surface area contributed by atoms with E-state index in [1.165, 1.54) is 32.8 Å². The molecule has 0 saturated carbocycles. The molecule has 5 unspecified atom stereocenters. The smallest absolute Gasteiger partial charge is 0.338 e. The summed E-state index contributed by atoms with van der Waals surface area (Å²) in [7, 11) is 2.89. The number of rotatable bonds is 4. The summed E-state index contributed by atoms with van der Waals surface area (Å²) in [5.41, 5.74) is 0.241. The van der Waals surface area contributed by atoms with Gasteiger partial charge in [0, 0.05) is 44.6 Å². The lowest BCUT2D eigenvalue weighted by Gasteiger charge is -2.57. The highest BCUT2D eigenvalue weighted by atomic mass is 16.5. The monoisotopic (exact) mass is 444 g/mol. The van der Waals surface area contributed by atoms with Crippen LogP contribution in [0.15, 0.2) is 12.1 Å². The number of aromatic hydroxyl groups is 1. The molecule has 4 aliphatic heterocycles. The fourth-order valence-corrected chi connectivity index (χ4v) is 6.44. The summed E-state index contributed by atoms with van der Waals surface area (Å²) in [6.07, 6.45) is 5.42. The van der Waals surface area contributed by atoms with Crippen LogP contribution < -0.4 is 9.47 Å². The maximum Gasteiger partial charge on any atom is 0.338 e. The highest BCUT2D eigenvalue weighted by Gasteiger charge is 2.49. The average molecular weight is 445 g/mol. The highest BCUT2D eigenvalue weighted by Crippen LogP contribution is 2.43. The maximum absolute atomic E-state index is 12.8. The van der Waals surface area contributed by atoms with Crippen molar-refractivity contribution >= 4 is 11.9 Å². The molecule has 5 rings (SSSR count). The number of methoxy groups -OCH3 is 2. The number of amides is 1. The van der Waals surface area contributed by atoms with Crippen molar-refractivity contribution in [3.05, 3.63) is 17.7 Å². The number of esters is 1. The SMILES string of the molecule is COc1cc(C(=O)OC2CCN3CC4CC(CN5C(=O)CCCC45)C3C2)cc(O)c1OC. The molecule has 1 N–H and O–H groups in total. The van der Waals surface area contributed by atoms with Crippen molar-refractivity contribution in [2.24, 2.45) is 11.8 Å². The van der Waals surface area contributed by atoms with Crippen molar-refractivity contribution in [2.45, 2.75) is 56.7 Å². The van der Waals surface area contributed by atoms with Crippen LogP contribution in [0.25, 0.3) is 0 Å². The number of carbonyl (C=O) groups is 2. The second-order valence-electron chi connectivity index (χ2n) is 9.61. The Hall–Kier alpha value is -2.48. The molecule has 1 aromatic carbocycles. The molecule has 0 aromatic heterocycles. The van der Waals surface area contributed by atoms with Crippen molar-refractivity contribution in [2.75, 3.05) is 33.9 Å². The summed E-state index contributed by atoms with van der Waals surface area (Å²) in [5.74, 6) is 1.18. The summed E-state index contributed by atoms with van der Waals surface area (Å²) < 4.78 is 16.2. The van der Waals surface area contributed by atoms with E-state index < -0.39 is 5.97 Å². The van der Waals surface area contributed by atoms with Gasteiger partial charge in [-0.1, -0.05) is 0 Å². The van der Waals surface area contributed by atoms with Crippen LogP contribution in [0.5, 0.6) is 17.2 Å². The van der Waals surface area contributed by atoms with Gasteiger partial charge in [0.1, 0.15) is 6.10 Å². The summed E-state index contributed by atoms with van der Waals surface area (Å²) in [5, 5.41) is 10.2. The van der Waals surface area contributed by atoms with Crippen molar-refractivity contribution in [3.63, 3.8) is 0 Å². The molecule has 4 heterocycles. The molecule has 2 bridgehead atoms. The minimum Gasteiger partial charge on any atom is -0.504 e. The van der Waals surface area contributed by atoms with E-state index in [1.54, 1.807) is 0 Å². The second kappa shape index (κ2) is 8.46. The average Bonchev–Trinajstić information content (AvgIpc) is 2.79. The predicted octanol–water partition coefficient (Wildman–Crippen LogP) is 2.43. The van der Waals surface area contributed by atoms with Gasteiger partial charge >= 0.3 is 5.97 Å². The van der Waals surface area contributed by atoms with Crippen LogP contribution in [0, 0.1) is 11.8 Å². The van der Waals surface area contributed by atoms with E-state index in [2.05, 4.69) is 9.80 Å². The number of ether oxygens (including phenoxy) is 3. The molecule has 4 fully saturated rings. The molecule has 8 nitrogen and oxygen atoms in total. The van der Waals surface area contributed by atoms with Crippen molar-refractivity contribution in [3.8, 4) is 17.2 Å². The zero-order chi connectivity index (χ0) is 22.4.